The Balaban J connectivity index is 1.51. The maximum absolute atomic E-state index is 12.9. The summed E-state index contributed by atoms with van der Waals surface area (Å²) in [5.74, 6) is -3.65. The standard InChI is InChI=1S/C29H24O14/c1-39-20-8-13(4-7-16(20)31)19-11-18(33)22-17(32)9-15(10-21(22)41-19)40-29-26(24(35)23(34)25(43-29)27(36)37)42-28(38)12-2-5-14(30)6-3-12/h2-11,23-26,29-32,34-35H,1H3,(H,36,37)/t23-,24-,25-,26+,29+/m0/s1. The number of aliphatic hydroxyl groups is 2. The Bertz CT molecular complexity index is 1750. The number of fused-ring (bicyclic) bond motifs is 1. The number of phenols is 3. The number of aliphatic carboxylic acids is 1. The highest BCUT2D eigenvalue weighted by atomic mass is 16.7. The van der Waals surface area contributed by atoms with Crippen molar-refractivity contribution in [1.29, 1.82) is 0 Å². The third-order valence-corrected chi connectivity index (χ3v) is 6.64. The Morgan fingerprint density at radius 3 is 2.28 bits per heavy atom. The normalized spacial score (nSPS) is 21.7. The quantitative estimate of drug-likeness (QED) is 0.167. The van der Waals surface area contributed by atoms with Gasteiger partial charge in [0, 0.05) is 23.8 Å². The Kier molecular flexibility index (Phi) is 7.82. The first-order valence-corrected chi connectivity index (χ1v) is 12.6. The Labute approximate surface area is 241 Å². The minimum absolute atomic E-state index is 0.0338. The number of carboxylic acid groups (broad SMARTS) is 1. The average molecular weight is 596 g/mol. The summed E-state index contributed by atoms with van der Waals surface area (Å²) in [6, 6.07) is 12.4. The number of carbonyl (C=O) groups excluding carboxylic acids is 1. The highest BCUT2D eigenvalue weighted by Crippen LogP contribution is 2.36. The molecule has 1 aromatic heterocycles. The van der Waals surface area contributed by atoms with E-state index in [9.17, 15) is 45.0 Å². The van der Waals surface area contributed by atoms with E-state index in [1.54, 1.807) is 0 Å². The molecule has 0 amide bonds. The summed E-state index contributed by atoms with van der Waals surface area (Å²) >= 11 is 0. The van der Waals surface area contributed by atoms with Gasteiger partial charge in [0.1, 0.15) is 46.2 Å². The van der Waals surface area contributed by atoms with Crippen molar-refractivity contribution >= 4 is 22.9 Å². The molecular weight excluding hydrogens is 572 g/mol. The minimum Gasteiger partial charge on any atom is -0.508 e. The van der Waals surface area contributed by atoms with Crippen LogP contribution >= 0.6 is 0 Å². The van der Waals surface area contributed by atoms with Crippen LogP contribution in [-0.4, -0.2) is 80.4 Å². The van der Waals surface area contributed by atoms with Crippen LogP contribution in [0.25, 0.3) is 22.3 Å². The molecule has 0 aliphatic carbocycles. The third kappa shape index (κ3) is 5.74. The number of carbonyl (C=O) groups is 2. The van der Waals surface area contributed by atoms with Gasteiger partial charge in [-0.15, -0.1) is 0 Å². The Morgan fingerprint density at radius 2 is 1.60 bits per heavy atom. The molecule has 1 aliphatic heterocycles. The lowest BCUT2D eigenvalue weighted by Crippen LogP contribution is -2.62. The fourth-order valence-corrected chi connectivity index (χ4v) is 4.47. The number of ether oxygens (including phenoxy) is 4. The number of hydrogen-bond acceptors (Lipinski definition) is 13. The second kappa shape index (κ2) is 11.5. The van der Waals surface area contributed by atoms with Crippen molar-refractivity contribution in [2.24, 2.45) is 0 Å². The van der Waals surface area contributed by atoms with Gasteiger partial charge >= 0.3 is 11.9 Å². The van der Waals surface area contributed by atoms with Crippen LogP contribution in [0, 0.1) is 0 Å². The van der Waals surface area contributed by atoms with Gasteiger partial charge in [-0.25, -0.2) is 9.59 Å². The molecule has 1 fully saturated rings. The van der Waals surface area contributed by atoms with Gasteiger partial charge in [0.2, 0.25) is 6.29 Å². The molecule has 14 nitrogen and oxygen atoms in total. The molecule has 0 radical (unpaired) electrons. The van der Waals surface area contributed by atoms with Gasteiger partial charge in [-0.05, 0) is 42.5 Å². The molecule has 43 heavy (non-hydrogen) atoms. The molecule has 5 atom stereocenters. The lowest BCUT2D eigenvalue weighted by atomic mass is 9.98. The molecule has 0 spiro atoms. The number of methoxy groups -OCH3 is 1. The van der Waals surface area contributed by atoms with Gasteiger partial charge in [-0.1, -0.05) is 0 Å². The zero-order valence-corrected chi connectivity index (χ0v) is 22.1. The number of carboxylic acids is 1. The summed E-state index contributed by atoms with van der Waals surface area (Å²) < 4.78 is 27.3. The molecule has 5 rings (SSSR count). The fourth-order valence-electron chi connectivity index (χ4n) is 4.47. The molecule has 14 heteroatoms. The number of aromatic hydroxyl groups is 3. The molecular formula is C29H24O14. The maximum Gasteiger partial charge on any atom is 0.338 e. The van der Waals surface area contributed by atoms with E-state index in [1.807, 2.05) is 0 Å². The van der Waals surface area contributed by atoms with Gasteiger partial charge in [0.25, 0.3) is 0 Å². The van der Waals surface area contributed by atoms with Gasteiger partial charge in [0.15, 0.2) is 29.1 Å². The number of aliphatic hydroxyl groups excluding tert-OH is 2. The molecule has 2 heterocycles. The first-order valence-electron chi connectivity index (χ1n) is 12.6. The van der Waals surface area contributed by atoms with Crippen molar-refractivity contribution in [3.8, 4) is 40.1 Å². The highest BCUT2D eigenvalue weighted by Gasteiger charge is 2.51. The van der Waals surface area contributed by atoms with E-state index < -0.39 is 53.8 Å². The molecule has 4 aromatic rings. The van der Waals surface area contributed by atoms with Crippen LogP contribution in [0.15, 0.2) is 69.9 Å². The SMILES string of the molecule is COc1cc(-c2cc(=O)c3c(O)cc(O[C@@H]4O[C@H](C(=O)O)[C@@H](O)[C@H](O)[C@H]4OC(=O)c4ccc(O)cc4)cc3o2)ccc1O. The van der Waals surface area contributed by atoms with Gasteiger partial charge in [0.05, 0.1) is 12.7 Å². The van der Waals surface area contributed by atoms with Crippen LogP contribution in [0.4, 0.5) is 0 Å². The zero-order valence-electron chi connectivity index (χ0n) is 22.1. The predicted molar refractivity (Wildman–Crippen MR) is 144 cm³/mol. The van der Waals surface area contributed by atoms with Gasteiger partial charge < -0.3 is 54.0 Å². The first-order chi connectivity index (χ1) is 20.5. The van der Waals surface area contributed by atoms with Crippen molar-refractivity contribution in [3.05, 3.63) is 76.5 Å². The predicted octanol–water partition coefficient (Wildman–Crippen LogP) is 1.72. The molecule has 6 N–H and O–H groups in total. The molecule has 0 unspecified atom stereocenters. The van der Waals surface area contributed by atoms with E-state index in [1.165, 1.54) is 55.6 Å². The second-order valence-corrected chi connectivity index (χ2v) is 9.46. The highest BCUT2D eigenvalue weighted by molar-refractivity contribution is 5.90. The third-order valence-electron chi connectivity index (χ3n) is 6.64. The summed E-state index contributed by atoms with van der Waals surface area (Å²) in [4.78, 5) is 37.3. The van der Waals surface area contributed by atoms with E-state index in [0.717, 1.165) is 12.1 Å². The van der Waals surface area contributed by atoms with Crippen molar-refractivity contribution < 1.29 is 63.6 Å². The molecule has 224 valence electrons. The molecule has 1 saturated heterocycles. The monoisotopic (exact) mass is 596 g/mol. The van der Waals surface area contributed by atoms with Crippen LogP contribution in [0.3, 0.4) is 0 Å². The minimum atomic E-state index is -2.03. The van der Waals surface area contributed by atoms with Crippen molar-refractivity contribution in [2.45, 2.75) is 30.7 Å². The van der Waals surface area contributed by atoms with Crippen LogP contribution < -0.4 is 14.9 Å². The smallest absolute Gasteiger partial charge is 0.338 e. The number of phenolic OH excluding ortho intramolecular Hbond substituents is 3. The van der Waals surface area contributed by atoms with E-state index >= 15 is 0 Å². The second-order valence-electron chi connectivity index (χ2n) is 9.46. The Hall–Kier alpha value is -5.31. The lowest BCUT2D eigenvalue weighted by molar-refractivity contribution is -0.270. The van der Waals surface area contributed by atoms with Crippen LogP contribution in [-0.2, 0) is 14.3 Å². The van der Waals surface area contributed by atoms with Crippen LogP contribution in [0.5, 0.6) is 28.7 Å². The molecule has 0 bridgehead atoms. The number of hydrogen-bond donors (Lipinski definition) is 6. The van der Waals surface area contributed by atoms with Gasteiger partial charge in [-0.3, -0.25) is 4.79 Å². The summed E-state index contributed by atoms with van der Waals surface area (Å²) in [6.45, 7) is 0. The van der Waals surface area contributed by atoms with Crippen LogP contribution in [0.1, 0.15) is 10.4 Å². The number of benzene rings is 3. The van der Waals surface area contributed by atoms with Crippen molar-refractivity contribution in [2.75, 3.05) is 7.11 Å². The zero-order chi connectivity index (χ0) is 31.0. The number of rotatable bonds is 7. The first kappa shape index (κ1) is 29.2. The Morgan fingerprint density at radius 1 is 0.884 bits per heavy atom. The topological polar surface area (TPSA) is 223 Å². The molecule has 0 saturated carbocycles. The van der Waals surface area contributed by atoms with Crippen molar-refractivity contribution in [3.63, 3.8) is 0 Å². The molecule has 1 aliphatic rings. The fraction of sp³-hybridized carbons (Fsp3) is 0.207. The maximum atomic E-state index is 12.9. The van der Waals surface area contributed by atoms with E-state index in [0.29, 0.717) is 5.56 Å². The lowest BCUT2D eigenvalue weighted by Gasteiger charge is -2.40. The van der Waals surface area contributed by atoms with Gasteiger partial charge in [-0.2, -0.15) is 0 Å². The summed E-state index contributed by atoms with van der Waals surface area (Å²) in [7, 11) is 1.34. The summed E-state index contributed by atoms with van der Waals surface area (Å²) in [6.07, 6.45) is -9.64. The summed E-state index contributed by atoms with van der Waals surface area (Å²) in [5, 5.41) is 60.3. The van der Waals surface area contributed by atoms with E-state index in [4.69, 9.17) is 23.4 Å². The average Bonchev–Trinajstić information content (AvgIpc) is 2.96. The van der Waals surface area contributed by atoms with Crippen molar-refractivity contribution in [1.82, 2.24) is 0 Å². The summed E-state index contributed by atoms with van der Waals surface area (Å²) in [5.41, 5.74) is -0.514. The molecule has 3 aromatic carbocycles. The van der Waals surface area contributed by atoms with E-state index in [-0.39, 0.29) is 45.3 Å². The van der Waals surface area contributed by atoms with E-state index in [2.05, 4.69) is 0 Å². The largest absolute Gasteiger partial charge is 0.508 e. The number of esters is 1. The van der Waals surface area contributed by atoms with Crippen LogP contribution in [0.2, 0.25) is 0 Å².